The molecular formula is C15H18N4O. The Hall–Kier alpha value is -2.17. The minimum Gasteiger partial charge on any atom is -0.339 e. The Balaban J connectivity index is 1.95. The fraction of sp³-hybridized carbons (Fsp3) is 0.400. The number of nitrogens with zero attached hydrogens (tertiary/aromatic N) is 3. The topological polar surface area (TPSA) is 61.9 Å². The van der Waals surface area contributed by atoms with Crippen LogP contribution in [0, 0.1) is 13.8 Å². The average Bonchev–Trinajstić information content (AvgIpc) is 3.09. The summed E-state index contributed by atoms with van der Waals surface area (Å²) in [5.74, 6) is 0.102. The highest BCUT2D eigenvalue weighted by atomic mass is 16.2. The van der Waals surface area contributed by atoms with Crippen LogP contribution in [0.25, 0.3) is 11.3 Å². The molecule has 0 aromatic carbocycles. The Kier molecular flexibility index (Phi) is 3.26. The van der Waals surface area contributed by atoms with Crippen molar-refractivity contribution in [1.82, 2.24) is 20.1 Å². The number of nitrogens with one attached hydrogen (secondary N) is 1. The van der Waals surface area contributed by atoms with Crippen LogP contribution in [0.3, 0.4) is 0 Å². The summed E-state index contributed by atoms with van der Waals surface area (Å²) >= 11 is 0. The predicted octanol–water partition coefficient (Wildman–Crippen LogP) is 2.32. The predicted molar refractivity (Wildman–Crippen MR) is 76.4 cm³/mol. The van der Waals surface area contributed by atoms with Gasteiger partial charge < -0.3 is 4.90 Å². The number of H-pyrrole nitrogens is 1. The molecule has 0 bridgehead atoms. The molecule has 5 nitrogen and oxygen atoms in total. The van der Waals surface area contributed by atoms with Gasteiger partial charge in [0.1, 0.15) is 0 Å². The summed E-state index contributed by atoms with van der Waals surface area (Å²) < 4.78 is 0. The van der Waals surface area contributed by atoms with E-state index in [0.29, 0.717) is 5.56 Å². The lowest BCUT2D eigenvalue weighted by Gasteiger charge is -2.15. The van der Waals surface area contributed by atoms with E-state index in [1.165, 1.54) is 0 Å². The van der Waals surface area contributed by atoms with Crippen LogP contribution in [0.5, 0.6) is 0 Å². The van der Waals surface area contributed by atoms with Crippen LogP contribution in [-0.4, -0.2) is 39.1 Å². The van der Waals surface area contributed by atoms with Gasteiger partial charge in [-0.3, -0.25) is 14.9 Å². The minimum atomic E-state index is 0.102. The van der Waals surface area contributed by atoms with Crippen molar-refractivity contribution in [3.63, 3.8) is 0 Å². The zero-order chi connectivity index (χ0) is 14.1. The van der Waals surface area contributed by atoms with Crippen molar-refractivity contribution in [2.24, 2.45) is 0 Å². The molecule has 0 saturated carbocycles. The summed E-state index contributed by atoms with van der Waals surface area (Å²) in [6.45, 7) is 5.63. The van der Waals surface area contributed by atoms with Crippen LogP contribution >= 0.6 is 0 Å². The summed E-state index contributed by atoms with van der Waals surface area (Å²) in [5, 5.41) is 7.14. The molecule has 1 N–H and O–H groups in total. The lowest BCUT2D eigenvalue weighted by atomic mass is 10.1. The molecule has 3 rings (SSSR count). The first-order valence-electron chi connectivity index (χ1n) is 6.94. The first kappa shape index (κ1) is 12.8. The lowest BCUT2D eigenvalue weighted by Crippen LogP contribution is -2.27. The van der Waals surface area contributed by atoms with Gasteiger partial charge in [-0.05, 0) is 38.8 Å². The zero-order valence-electron chi connectivity index (χ0n) is 11.8. The van der Waals surface area contributed by atoms with Gasteiger partial charge >= 0.3 is 0 Å². The summed E-state index contributed by atoms with van der Waals surface area (Å²) in [6, 6.07) is 3.65. The van der Waals surface area contributed by atoms with Gasteiger partial charge in [-0.1, -0.05) is 0 Å². The maximum absolute atomic E-state index is 12.4. The number of aryl methyl sites for hydroxylation is 2. The third kappa shape index (κ3) is 2.19. The van der Waals surface area contributed by atoms with Gasteiger partial charge in [-0.2, -0.15) is 5.10 Å². The van der Waals surface area contributed by atoms with E-state index in [1.54, 1.807) is 12.3 Å². The molecule has 1 fully saturated rings. The second-order valence-electron chi connectivity index (χ2n) is 5.24. The quantitative estimate of drug-likeness (QED) is 0.911. The van der Waals surface area contributed by atoms with Crippen molar-refractivity contribution in [2.45, 2.75) is 26.7 Å². The molecule has 0 unspecified atom stereocenters. The molecule has 0 aliphatic carbocycles. The molecule has 1 aliphatic heterocycles. The highest BCUT2D eigenvalue weighted by molar-refractivity contribution is 5.95. The van der Waals surface area contributed by atoms with Crippen molar-refractivity contribution < 1.29 is 4.79 Å². The summed E-state index contributed by atoms with van der Waals surface area (Å²) in [4.78, 5) is 18.7. The third-order valence-corrected chi connectivity index (χ3v) is 3.78. The molecule has 3 heterocycles. The van der Waals surface area contributed by atoms with Gasteiger partial charge in [-0.15, -0.1) is 0 Å². The molecule has 104 valence electrons. The van der Waals surface area contributed by atoms with E-state index in [1.807, 2.05) is 24.8 Å². The van der Waals surface area contributed by atoms with E-state index in [4.69, 9.17) is 0 Å². The zero-order valence-corrected chi connectivity index (χ0v) is 11.8. The number of aromatic amines is 1. The molecule has 5 heteroatoms. The molecule has 1 amide bonds. The fourth-order valence-corrected chi connectivity index (χ4v) is 2.73. The number of likely N-dealkylation sites (tertiary alicyclic amines) is 1. The normalized spacial score (nSPS) is 14.8. The molecule has 20 heavy (non-hydrogen) atoms. The van der Waals surface area contributed by atoms with E-state index in [9.17, 15) is 4.79 Å². The number of hydrogen-bond acceptors (Lipinski definition) is 3. The number of pyridine rings is 1. The molecular weight excluding hydrogens is 252 g/mol. The van der Waals surface area contributed by atoms with Gasteiger partial charge in [0, 0.05) is 36.1 Å². The number of rotatable bonds is 2. The van der Waals surface area contributed by atoms with Crippen molar-refractivity contribution in [1.29, 1.82) is 0 Å². The average molecular weight is 270 g/mol. The molecule has 0 atom stereocenters. The maximum Gasteiger partial charge on any atom is 0.253 e. The number of carbonyl (C=O) groups excluding carboxylic acids is 1. The van der Waals surface area contributed by atoms with Crippen LogP contribution in [0.4, 0.5) is 0 Å². The first-order valence-corrected chi connectivity index (χ1v) is 6.94. The van der Waals surface area contributed by atoms with Gasteiger partial charge in [0.25, 0.3) is 5.91 Å². The van der Waals surface area contributed by atoms with Crippen molar-refractivity contribution in [3.05, 3.63) is 35.3 Å². The first-order chi connectivity index (χ1) is 9.66. The van der Waals surface area contributed by atoms with Gasteiger partial charge in [0.15, 0.2) is 0 Å². The van der Waals surface area contributed by atoms with E-state index in [0.717, 1.165) is 48.6 Å². The minimum absolute atomic E-state index is 0.102. The van der Waals surface area contributed by atoms with E-state index in [-0.39, 0.29) is 5.91 Å². The Morgan fingerprint density at radius 2 is 2.05 bits per heavy atom. The monoisotopic (exact) mass is 270 g/mol. The Labute approximate surface area is 118 Å². The smallest absolute Gasteiger partial charge is 0.253 e. The molecule has 1 saturated heterocycles. The Morgan fingerprint density at radius 3 is 2.70 bits per heavy atom. The standard InChI is InChI=1S/C15H18N4O/c1-10-14(11(2)18-17-10)13-9-12(5-6-16-13)15(20)19-7-3-4-8-19/h5-6,9H,3-4,7-8H2,1-2H3,(H,17,18). The van der Waals surface area contributed by atoms with E-state index in [2.05, 4.69) is 15.2 Å². The number of carbonyl (C=O) groups is 1. The second kappa shape index (κ2) is 5.07. The van der Waals surface area contributed by atoms with Gasteiger partial charge in [-0.25, -0.2) is 0 Å². The van der Waals surface area contributed by atoms with Crippen molar-refractivity contribution in [2.75, 3.05) is 13.1 Å². The Morgan fingerprint density at radius 1 is 1.30 bits per heavy atom. The summed E-state index contributed by atoms with van der Waals surface area (Å²) in [6.07, 6.45) is 3.90. The van der Waals surface area contributed by atoms with Crippen molar-refractivity contribution in [3.8, 4) is 11.3 Å². The molecule has 0 spiro atoms. The largest absolute Gasteiger partial charge is 0.339 e. The van der Waals surface area contributed by atoms with Gasteiger partial charge in [0.05, 0.1) is 11.4 Å². The van der Waals surface area contributed by atoms with E-state index < -0.39 is 0 Å². The lowest BCUT2D eigenvalue weighted by molar-refractivity contribution is 0.0793. The molecule has 2 aromatic heterocycles. The molecule has 2 aromatic rings. The van der Waals surface area contributed by atoms with Crippen molar-refractivity contribution >= 4 is 5.91 Å². The van der Waals surface area contributed by atoms with Crippen LogP contribution in [-0.2, 0) is 0 Å². The van der Waals surface area contributed by atoms with Crippen LogP contribution in [0.2, 0.25) is 0 Å². The van der Waals surface area contributed by atoms with Crippen LogP contribution in [0.1, 0.15) is 34.6 Å². The maximum atomic E-state index is 12.4. The van der Waals surface area contributed by atoms with Crippen LogP contribution in [0.15, 0.2) is 18.3 Å². The number of aromatic nitrogens is 3. The summed E-state index contributed by atoms with van der Waals surface area (Å²) in [5.41, 5.74) is 4.37. The fourth-order valence-electron chi connectivity index (χ4n) is 2.73. The highest BCUT2D eigenvalue weighted by Crippen LogP contribution is 2.24. The molecule has 1 aliphatic rings. The third-order valence-electron chi connectivity index (χ3n) is 3.78. The number of amides is 1. The number of hydrogen-bond donors (Lipinski definition) is 1. The van der Waals surface area contributed by atoms with Crippen LogP contribution < -0.4 is 0 Å². The Bertz CT molecular complexity index is 622. The second-order valence-corrected chi connectivity index (χ2v) is 5.24. The highest BCUT2D eigenvalue weighted by Gasteiger charge is 2.20. The SMILES string of the molecule is Cc1n[nH]c(C)c1-c1cc(C(=O)N2CCCC2)ccn1. The van der Waals surface area contributed by atoms with E-state index >= 15 is 0 Å². The van der Waals surface area contributed by atoms with Gasteiger partial charge in [0.2, 0.25) is 0 Å². The summed E-state index contributed by atoms with van der Waals surface area (Å²) in [7, 11) is 0. The molecule has 0 radical (unpaired) electrons.